The number of benzene rings is 1. The highest BCUT2D eigenvalue weighted by molar-refractivity contribution is 5.96. The summed E-state index contributed by atoms with van der Waals surface area (Å²) in [4.78, 5) is 8.49. The van der Waals surface area contributed by atoms with Gasteiger partial charge in [0.25, 0.3) is 0 Å². The normalized spacial score (nSPS) is 13.6. The Labute approximate surface area is 209 Å². The second-order valence-electron chi connectivity index (χ2n) is 7.50. The van der Waals surface area contributed by atoms with Crippen molar-refractivity contribution in [3.05, 3.63) is 73.6 Å². The highest BCUT2D eigenvalue weighted by Gasteiger charge is 2.18. The molecule has 1 aromatic heterocycles. The molecule has 0 saturated heterocycles. The lowest BCUT2D eigenvalue weighted by Crippen LogP contribution is -2.22. The quantitative estimate of drug-likeness (QED) is 0.244. The summed E-state index contributed by atoms with van der Waals surface area (Å²) in [7, 11) is 1.80. The van der Waals surface area contributed by atoms with E-state index in [4.69, 9.17) is 16.2 Å². The Bertz CT molecular complexity index is 983. The molecule has 192 valence electrons. The molecule has 0 spiro atoms. The van der Waals surface area contributed by atoms with Crippen LogP contribution in [0.5, 0.6) is 0 Å². The molecule has 1 atom stereocenters. The molecular weight excluding hydrogens is 443 g/mol. The van der Waals surface area contributed by atoms with Crippen LogP contribution in [0.2, 0.25) is 0 Å². The lowest BCUT2D eigenvalue weighted by Gasteiger charge is -2.21. The summed E-state index contributed by atoms with van der Waals surface area (Å²) in [6.45, 7) is 16.7. The molecule has 1 aliphatic rings. The number of anilines is 1. The fourth-order valence-corrected chi connectivity index (χ4v) is 3.10. The Morgan fingerprint density at radius 1 is 1.31 bits per heavy atom. The molecule has 2 aromatic rings. The molecule has 0 fully saturated rings. The first-order chi connectivity index (χ1) is 16.8. The average molecular weight is 485 g/mol. The summed E-state index contributed by atoms with van der Waals surface area (Å²) in [6.07, 6.45) is 9.15. The zero-order valence-electron chi connectivity index (χ0n) is 21.5. The van der Waals surface area contributed by atoms with Crippen molar-refractivity contribution in [2.24, 2.45) is 11.7 Å². The number of nitrogens with zero attached hydrogens (tertiary/aromatic N) is 3. The molecule has 1 aliphatic carbocycles. The lowest BCUT2D eigenvalue weighted by molar-refractivity contribution is 0.354. The first-order valence-electron chi connectivity index (χ1n) is 11.6. The fourth-order valence-electron chi connectivity index (χ4n) is 3.10. The summed E-state index contributed by atoms with van der Waals surface area (Å²) in [6, 6.07) is 5.62. The van der Waals surface area contributed by atoms with Crippen molar-refractivity contribution in [3.8, 4) is 0 Å². The third-order valence-electron chi connectivity index (χ3n) is 4.83. The maximum atomic E-state index is 14.8. The van der Waals surface area contributed by atoms with Crippen molar-refractivity contribution >= 4 is 28.1 Å². The predicted octanol–water partition coefficient (Wildman–Crippen LogP) is 5.21. The van der Waals surface area contributed by atoms with Crippen LogP contribution in [-0.4, -0.2) is 47.5 Å². The van der Waals surface area contributed by atoms with E-state index < -0.39 is 0 Å². The number of allylic oxidation sites excluding steroid dienone is 3. The molecule has 3 rings (SSSR count). The van der Waals surface area contributed by atoms with Crippen LogP contribution >= 0.6 is 0 Å². The third-order valence-corrected chi connectivity index (χ3v) is 4.83. The van der Waals surface area contributed by atoms with Gasteiger partial charge in [-0.1, -0.05) is 60.8 Å². The standard InChI is InChI=1S/C19H21FN4.C4H9NO.C2H7N.C2H4/c1-13-6-4-7-15(10-13)11-24(20)19-17-9-5-8-16(14(2)21-3)18(17)22-12-23-19;1-2-4(5)3-6;1-2-3;1-2/h4-6,8-10,12,15,21H,2,7,11H2,1,3H3;5-6H,2-3H2,1H3;2-3H2,1H3;1-2H2. The van der Waals surface area contributed by atoms with Crippen molar-refractivity contribution in [2.45, 2.75) is 33.6 Å². The van der Waals surface area contributed by atoms with Gasteiger partial charge in [0, 0.05) is 35.3 Å². The monoisotopic (exact) mass is 484 g/mol. The van der Waals surface area contributed by atoms with E-state index in [1.165, 1.54) is 11.9 Å². The van der Waals surface area contributed by atoms with Crippen LogP contribution in [-0.2, 0) is 0 Å². The Morgan fingerprint density at radius 3 is 2.49 bits per heavy atom. The van der Waals surface area contributed by atoms with E-state index >= 15 is 0 Å². The number of nitrogens with one attached hydrogen (secondary N) is 2. The minimum Gasteiger partial charge on any atom is -0.390 e. The van der Waals surface area contributed by atoms with Crippen LogP contribution in [0, 0.1) is 11.3 Å². The first kappa shape index (κ1) is 31.6. The van der Waals surface area contributed by atoms with E-state index in [-0.39, 0.29) is 19.1 Å². The number of hydrogen-bond acceptors (Lipinski definition) is 7. The number of rotatable bonds is 7. The lowest BCUT2D eigenvalue weighted by atomic mass is 9.97. The minimum absolute atomic E-state index is 0.0868. The number of aromatic nitrogens is 2. The van der Waals surface area contributed by atoms with Gasteiger partial charge >= 0.3 is 0 Å². The molecule has 7 nitrogen and oxygen atoms in total. The maximum absolute atomic E-state index is 14.8. The number of aliphatic hydroxyl groups is 1. The van der Waals surface area contributed by atoms with Crippen LogP contribution in [0.4, 0.5) is 10.3 Å². The number of nitrogens with two attached hydrogens (primary N) is 1. The molecule has 35 heavy (non-hydrogen) atoms. The Kier molecular flexibility index (Phi) is 16.3. The largest absolute Gasteiger partial charge is 0.390 e. The van der Waals surface area contributed by atoms with Crippen molar-refractivity contribution in [2.75, 3.05) is 31.9 Å². The van der Waals surface area contributed by atoms with Crippen LogP contribution in [0.1, 0.15) is 39.2 Å². The number of hydrogen-bond donors (Lipinski definition) is 4. The molecule has 8 heteroatoms. The number of aliphatic hydroxyl groups excluding tert-OH is 1. The molecular formula is C27H41FN6O. The Morgan fingerprint density at radius 2 is 1.97 bits per heavy atom. The highest BCUT2D eigenvalue weighted by atomic mass is 19.2. The van der Waals surface area contributed by atoms with E-state index in [9.17, 15) is 4.48 Å². The van der Waals surface area contributed by atoms with Crippen molar-refractivity contribution < 1.29 is 9.59 Å². The summed E-state index contributed by atoms with van der Waals surface area (Å²) >= 11 is 0. The van der Waals surface area contributed by atoms with Gasteiger partial charge in [0.05, 0.1) is 18.7 Å². The molecule has 1 heterocycles. The maximum Gasteiger partial charge on any atom is 0.168 e. The smallest absolute Gasteiger partial charge is 0.168 e. The molecule has 0 amide bonds. The number of halogens is 1. The predicted molar refractivity (Wildman–Crippen MR) is 148 cm³/mol. The van der Waals surface area contributed by atoms with Gasteiger partial charge in [-0.05, 0) is 32.4 Å². The van der Waals surface area contributed by atoms with Gasteiger partial charge in [-0.3, -0.25) is 0 Å². The number of fused-ring (bicyclic) bond motifs is 1. The van der Waals surface area contributed by atoms with Crippen LogP contribution < -0.4 is 16.2 Å². The molecule has 0 bridgehead atoms. The van der Waals surface area contributed by atoms with E-state index in [0.717, 1.165) is 29.3 Å². The van der Waals surface area contributed by atoms with Crippen LogP contribution in [0.15, 0.2) is 68.1 Å². The summed E-state index contributed by atoms with van der Waals surface area (Å²) in [5.41, 5.74) is 8.70. The van der Waals surface area contributed by atoms with Crippen molar-refractivity contribution in [1.29, 1.82) is 5.41 Å². The summed E-state index contributed by atoms with van der Waals surface area (Å²) in [5, 5.41) is 19.3. The zero-order chi connectivity index (χ0) is 26.8. The second-order valence-corrected chi connectivity index (χ2v) is 7.50. The van der Waals surface area contributed by atoms with Gasteiger partial charge in [-0.25, -0.2) is 9.97 Å². The van der Waals surface area contributed by atoms with Crippen LogP contribution in [0.3, 0.4) is 0 Å². The molecule has 1 aromatic carbocycles. The first-order valence-corrected chi connectivity index (χ1v) is 11.6. The Hall–Kier alpha value is -3.36. The van der Waals surface area contributed by atoms with E-state index in [1.54, 1.807) is 7.05 Å². The van der Waals surface area contributed by atoms with Gasteiger partial charge in [0.15, 0.2) is 5.82 Å². The van der Waals surface area contributed by atoms with Gasteiger partial charge in [-0.15, -0.1) is 13.2 Å². The molecule has 0 radical (unpaired) electrons. The van der Waals surface area contributed by atoms with Crippen molar-refractivity contribution in [1.82, 2.24) is 15.3 Å². The second kappa shape index (κ2) is 18.0. The summed E-state index contributed by atoms with van der Waals surface area (Å²) in [5.74, 6) is 0.437. The van der Waals surface area contributed by atoms with Crippen LogP contribution in [0.25, 0.3) is 16.6 Å². The minimum atomic E-state index is -0.0868. The van der Waals surface area contributed by atoms with E-state index in [1.807, 2.05) is 39.0 Å². The highest BCUT2D eigenvalue weighted by Crippen LogP contribution is 2.29. The van der Waals surface area contributed by atoms with Gasteiger partial charge < -0.3 is 21.6 Å². The third kappa shape index (κ3) is 10.6. The SMILES string of the molecule is C=C.C=C(NC)c1cccc2c(N(F)CC3C=C(C)C=CC3)ncnc12.CCC(=N)CO.CCN. The molecule has 0 saturated carbocycles. The molecule has 0 aliphatic heterocycles. The summed E-state index contributed by atoms with van der Waals surface area (Å²) < 4.78 is 14.8. The Balaban J connectivity index is 0.000000894. The van der Waals surface area contributed by atoms with E-state index in [0.29, 0.717) is 28.9 Å². The molecule has 1 unspecified atom stereocenters. The number of para-hydroxylation sites is 1. The van der Waals surface area contributed by atoms with Gasteiger partial charge in [0.2, 0.25) is 0 Å². The van der Waals surface area contributed by atoms with E-state index in [2.05, 4.69) is 53.2 Å². The van der Waals surface area contributed by atoms with Gasteiger partial charge in [-0.2, -0.15) is 5.12 Å². The molecule has 5 N–H and O–H groups in total. The average Bonchev–Trinajstić information content (AvgIpc) is 2.89. The zero-order valence-corrected chi connectivity index (χ0v) is 21.5. The van der Waals surface area contributed by atoms with Crippen molar-refractivity contribution in [3.63, 3.8) is 0 Å². The topological polar surface area (TPSA) is 111 Å². The van der Waals surface area contributed by atoms with Gasteiger partial charge in [0.1, 0.15) is 6.33 Å². The fraction of sp³-hybridized carbons (Fsp3) is 0.370.